The molecule has 0 fully saturated rings. The summed E-state index contributed by atoms with van der Waals surface area (Å²) in [7, 11) is -3.72. The van der Waals surface area contributed by atoms with E-state index in [2.05, 4.69) is 27.9 Å². The Hall–Kier alpha value is -3.13. The smallest absolute Gasteiger partial charge is 0.257 e. The van der Waals surface area contributed by atoms with E-state index in [4.69, 9.17) is 4.42 Å². The molecule has 0 unspecified atom stereocenters. The lowest BCUT2D eigenvalue weighted by Gasteiger charge is -2.21. The van der Waals surface area contributed by atoms with Crippen LogP contribution in [0.2, 0.25) is 0 Å². The molecule has 4 aromatic carbocycles. The number of thioether (sulfide) groups is 1. The Morgan fingerprint density at radius 3 is 2.31 bits per heavy atom. The average molecular weight is 459 g/mol. The van der Waals surface area contributed by atoms with Crippen LogP contribution in [0.4, 0.5) is 0 Å². The Kier molecular flexibility index (Phi) is 4.57. The van der Waals surface area contributed by atoms with E-state index in [1.54, 1.807) is 30.3 Å². The van der Waals surface area contributed by atoms with E-state index in [9.17, 15) is 8.42 Å². The maximum Gasteiger partial charge on any atom is 0.257 e. The number of benzene rings is 4. The molecule has 1 aromatic heterocycles. The summed E-state index contributed by atoms with van der Waals surface area (Å²) in [5.74, 6) is 0. The molecule has 6 rings (SSSR count). The quantitative estimate of drug-likeness (QED) is 0.358. The minimum atomic E-state index is -3.72. The fraction of sp³-hybridized carbons (Fsp3) is 0.0800. The monoisotopic (exact) mass is 458 g/mol. The van der Waals surface area contributed by atoms with Crippen molar-refractivity contribution in [3.63, 3.8) is 0 Å². The standard InChI is InChI=1S/C25H18N2O3S2/c28-32(29,17-10-2-1-3-11-17)27-23-18-12-6-8-16-9-7-13-19(22(16)18)24(23)31-25-26-20-14-4-5-15-21(20)30-25/h1-15,23-24,27H/t23-,24-/m1/s1. The molecule has 1 N–H and O–H groups in total. The predicted molar refractivity (Wildman–Crippen MR) is 126 cm³/mol. The molecule has 0 spiro atoms. The summed E-state index contributed by atoms with van der Waals surface area (Å²) in [5.41, 5.74) is 3.53. The van der Waals surface area contributed by atoms with Gasteiger partial charge in [0.05, 0.1) is 16.2 Å². The topological polar surface area (TPSA) is 72.2 Å². The molecule has 158 valence electrons. The van der Waals surface area contributed by atoms with E-state index < -0.39 is 16.1 Å². The van der Waals surface area contributed by atoms with Gasteiger partial charge in [-0.1, -0.05) is 78.5 Å². The molecule has 5 nitrogen and oxygen atoms in total. The van der Waals surface area contributed by atoms with Crippen molar-refractivity contribution in [1.29, 1.82) is 0 Å². The van der Waals surface area contributed by atoms with Gasteiger partial charge in [-0.25, -0.2) is 18.1 Å². The van der Waals surface area contributed by atoms with Gasteiger partial charge < -0.3 is 4.42 Å². The lowest BCUT2D eigenvalue weighted by atomic mass is 10.1. The van der Waals surface area contributed by atoms with Crippen LogP contribution >= 0.6 is 11.8 Å². The van der Waals surface area contributed by atoms with Crippen molar-refractivity contribution in [2.24, 2.45) is 0 Å². The first-order valence-corrected chi connectivity index (χ1v) is 12.6. The van der Waals surface area contributed by atoms with Gasteiger partial charge >= 0.3 is 0 Å². The number of sulfonamides is 1. The second-order valence-corrected chi connectivity index (χ2v) is 10.5. The number of para-hydroxylation sites is 2. The number of hydrogen-bond acceptors (Lipinski definition) is 5. The third kappa shape index (κ3) is 3.21. The summed E-state index contributed by atoms with van der Waals surface area (Å²) in [5, 5.41) is 2.47. The van der Waals surface area contributed by atoms with Crippen LogP contribution in [0.3, 0.4) is 0 Å². The van der Waals surface area contributed by atoms with Crippen LogP contribution in [0.1, 0.15) is 22.4 Å². The summed E-state index contributed by atoms with van der Waals surface area (Å²) in [6.07, 6.45) is 0. The molecular weight excluding hydrogens is 440 g/mol. The van der Waals surface area contributed by atoms with Crippen molar-refractivity contribution < 1.29 is 12.8 Å². The molecule has 5 aromatic rings. The summed E-state index contributed by atoms with van der Waals surface area (Å²) in [6, 6.07) is 27.8. The molecule has 0 bridgehead atoms. The number of fused-ring (bicyclic) bond motifs is 1. The Labute approximate surface area is 189 Å². The van der Waals surface area contributed by atoms with Gasteiger partial charge in [0, 0.05) is 0 Å². The van der Waals surface area contributed by atoms with E-state index in [0.717, 1.165) is 27.4 Å². The largest absolute Gasteiger partial charge is 0.431 e. The minimum absolute atomic E-state index is 0.220. The number of hydrogen-bond donors (Lipinski definition) is 1. The van der Waals surface area contributed by atoms with Gasteiger partial charge in [0.25, 0.3) is 5.22 Å². The van der Waals surface area contributed by atoms with Gasteiger partial charge in [0.15, 0.2) is 5.58 Å². The maximum absolute atomic E-state index is 13.2. The summed E-state index contributed by atoms with van der Waals surface area (Å²) < 4.78 is 35.4. The van der Waals surface area contributed by atoms with Crippen LogP contribution in [0.15, 0.2) is 106 Å². The van der Waals surface area contributed by atoms with Crippen molar-refractivity contribution in [3.8, 4) is 0 Å². The van der Waals surface area contributed by atoms with Crippen molar-refractivity contribution in [2.45, 2.75) is 21.4 Å². The van der Waals surface area contributed by atoms with Gasteiger partial charge in [-0.2, -0.15) is 0 Å². The van der Waals surface area contributed by atoms with Crippen LogP contribution in [0.25, 0.3) is 21.9 Å². The first-order chi connectivity index (χ1) is 15.6. The first kappa shape index (κ1) is 19.5. The van der Waals surface area contributed by atoms with Gasteiger partial charge in [-0.3, -0.25) is 0 Å². The zero-order valence-electron chi connectivity index (χ0n) is 16.8. The average Bonchev–Trinajstić information content (AvgIpc) is 3.35. The maximum atomic E-state index is 13.2. The van der Waals surface area contributed by atoms with Crippen molar-refractivity contribution >= 4 is 43.7 Å². The van der Waals surface area contributed by atoms with Crippen LogP contribution in [0, 0.1) is 0 Å². The van der Waals surface area contributed by atoms with Crippen molar-refractivity contribution in [2.75, 3.05) is 0 Å². The molecule has 0 saturated carbocycles. The SMILES string of the molecule is O=S(=O)(N[C@@H]1c2cccc3cccc(c23)[C@H]1Sc1nc2ccccc2o1)c1ccccc1. The predicted octanol–water partition coefficient (Wildman–Crippen LogP) is 5.85. The van der Waals surface area contributed by atoms with Gasteiger partial charge in [-0.05, 0) is 46.2 Å². The molecule has 7 heteroatoms. The fourth-order valence-corrected chi connectivity index (χ4v) is 6.86. The minimum Gasteiger partial charge on any atom is -0.431 e. The molecule has 0 saturated heterocycles. The normalized spacial score (nSPS) is 17.9. The number of oxazole rings is 1. The molecular formula is C25H18N2O3S2. The summed E-state index contributed by atoms with van der Waals surface area (Å²) in [6.45, 7) is 0. The van der Waals surface area contributed by atoms with Gasteiger partial charge in [0.1, 0.15) is 5.52 Å². The number of nitrogens with one attached hydrogen (secondary N) is 1. The van der Waals surface area contributed by atoms with Crippen LogP contribution < -0.4 is 4.72 Å². The Balaban J connectivity index is 1.45. The molecule has 0 amide bonds. The zero-order valence-corrected chi connectivity index (χ0v) is 18.4. The molecule has 1 heterocycles. The fourth-order valence-electron chi connectivity index (χ4n) is 4.34. The molecule has 32 heavy (non-hydrogen) atoms. The Morgan fingerprint density at radius 1 is 0.812 bits per heavy atom. The van der Waals surface area contributed by atoms with E-state index in [1.807, 2.05) is 42.5 Å². The highest BCUT2D eigenvalue weighted by Crippen LogP contribution is 2.53. The number of rotatable bonds is 5. The number of nitrogens with zero attached hydrogens (tertiary/aromatic N) is 1. The first-order valence-electron chi connectivity index (χ1n) is 10.2. The van der Waals surface area contributed by atoms with Crippen LogP contribution in [-0.4, -0.2) is 13.4 Å². The second kappa shape index (κ2) is 7.48. The highest BCUT2D eigenvalue weighted by Gasteiger charge is 2.38. The lowest BCUT2D eigenvalue weighted by Crippen LogP contribution is -2.29. The van der Waals surface area contributed by atoms with E-state index in [0.29, 0.717) is 10.8 Å². The highest BCUT2D eigenvalue weighted by atomic mass is 32.2. The van der Waals surface area contributed by atoms with Crippen molar-refractivity contribution in [1.82, 2.24) is 9.71 Å². The van der Waals surface area contributed by atoms with E-state index >= 15 is 0 Å². The Bertz CT molecular complexity index is 1520. The third-order valence-electron chi connectivity index (χ3n) is 5.75. The van der Waals surface area contributed by atoms with Gasteiger partial charge in [-0.15, -0.1) is 0 Å². The summed E-state index contributed by atoms with van der Waals surface area (Å²) >= 11 is 1.45. The van der Waals surface area contributed by atoms with Crippen molar-refractivity contribution in [3.05, 3.63) is 102 Å². The van der Waals surface area contributed by atoms with E-state index in [-0.39, 0.29) is 10.1 Å². The lowest BCUT2D eigenvalue weighted by molar-refractivity contribution is 0.485. The molecule has 0 aliphatic heterocycles. The van der Waals surface area contributed by atoms with E-state index in [1.165, 1.54) is 11.8 Å². The van der Waals surface area contributed by atoms with Crippen LogP contribution in [-0.2, 0) is 10.0 Å². The number of aromatic nitrogens is 1. The molecule has 1 aliphatic carbocycles. The highest BCUT2D eigenvalue weighted by molar-refractivity contribution is 7.99. The Morgan fingerprint density at radius 2 is 1.53 bits per heavy atom. The van der Waals surface area contributed by atoms with Gasteiger partial charge in [0.2, 0.25) is 10.0 Å². The summed E-state index contributed by atoms with van der Waals surface area (Å²) in [4.78, 5) is 4.86. The molecule has 1 aliphatic rings. The second-order valence-electron chi connectivity index (χ2n) is 7.69. The zero-order chi connectivity index (χ0) is 21.7. The van der Waals surface area contributed by atoms with Crippen LogP contribution in [0.5, 0.6) is 0 Å². The third-order valence-corrected chi connectivity index (χ3v) is 8.36. The molecule has 2 atom stereocenters. The molecule has 0 radical (unpaired) electrons.